The van der Waals surface area contributed by atoms with Gasteiger partial charge in [0.2, 0.25) is 0 Å². The van der Waals surface area contributed by atoms with Crippen LogP contribution in [-0.4, -0.2) is 31.2 Å². The maximum absolute atomic E-state index is 13.1. The fourth-order valence-corrected chi connectivity index (χ4v) is 5.54. The van der Waals surface area contributed by atoms with Crippen molar-refractivity contribution in [3.8, 4) is 28.2 Å². The van der Waals surface area contributed by atoms with E-state index >= 15 is 0 Å². The largest absolute Gasteiger partial charge is 0.309 e. The molecule has 0 unspecified atom stereocenters. The quantitative estimate of drug-likeness (QED) is 0.0849. The molecule has 1 aliphatic heterocycles. The van der Waals surface area contributed by atoms with Crippen molar-refractivity contribution < 1.29 is 9.72 Å². The van der Waals surface area contributed by atoms with Crippen LogP contribution in [0.3, 0.4) is 0 Å². The lowest BCUT2D eigenvalue weighted by molar-refractivity contribution is -0.384. The van der Waals surface area contributed by atoms with E-state index in [0.29, 0.717) is 15.8 Å². The zero-order valence-electron chi connectivity index (χ0n) is 19.6. The average molecular weight is 524 g/mol. The fourth-order valence-electron chi connectivity index (χ4n) is 4.27. The van der Waals surface area contributed by atoms with Gasteiger partial charge < -0.3 is 4.57 Å². The minimum absolute atomic E-state index is 0.0181. The number of carbonyl (C=O) groups is 1. The molecule has 182 valence electrons. The number of hydrogen-bond acceptors (Lipinski definition) is 5. The Hall–Kier alpha value is -4.27. The molecule has 5 rings (SSSR count). The van der Waals surface area contributed by atoms with E-state index < -0.39 is 4.92 Å². The Kier molecular flexibility index (Phi) is 6.85. The smallest absolute Gasteiger partial charge is 0.269 e. The third kappa shape index (κ3) is 4.76. The summed E-state index contributed by atoms with van der Waals surface area (Å²) < 4.78 is 2.57. The number of benzene rings is 3. The summed E-state index contributed by atoms with van der Waals surface area (Å²) >= 11 is 6.71. The van der Waals surface area contributed by atoms with E-state index in [1.807, 2.05) is 72.8 Å². The molecule has 0 saturated carbocycles. The molecule has 37 heavy (non-hydrogen) atoms. The average Bonchev–Trinajstić information content (AvgIpc) is 3.42. The number of carbonyl (C=O) groups excluding carboxylic acids is 1. The molecule has 4 aromatic rings. The number of non-ortho nitro benzene ring substituents is 1. The van der Waals surface area contributed by atoms with E-state index in [2.05, 4.69) is 11.1 Å². The molecule has 0 radical (unpaired) electrons. The van der Waals surface area contributed by atoms with Gasteiger partial charge in [0, 0.05) is 29.9 Å². The van der Waals surface area contributed by atoms with Crippen LogP contribution in [0.1, 0.15) is 5.56 Å². The first kappa shape index (κ1) is 24.4. The van der Waals surface area contributed by atoms with Crippen molar-refractivity contribution in [2.45, 2.75) is 0 Å². The molecule has 0 bridgehead atoms. The van der Waals surface area contributed by atoms with Gasteiger partial charge in [0.15, 0.2) is 0 Å². The topological polar surface area (TPSA) is 68.4 Å². The normalized spacial score (nSPS) is 14.4. The number of rotatable bonds is 7. The number of thioether (sulfide) groups is 1. The summed E-state index contributed by atoms with van der Waals surface area (Å²) in [6.07, 6.45) is 3.53. The molecule has 1 aliphatic rings. The lowest BCUT2D eigenvalue weighted by atomic mass is 10.1. The Labute approximate surface area is 223 Å². The van der Waals surface area contributed by atoms with Crippen LogP contribution in [-0.2, 0) is 4.79 Å². The van der Waals surface area contributed by atoms with Crippen LogP contribution in [0.15, 0.2) is 109 Å². The Morgan fingerprint density at radius 2 is 1.57 bits per heavy atom. The molecule has 1 saturated heterocycles. The van der Waals surface area contributed by atoms with E-state index in [1.54, 1.807) is 18.2 Å². The second-order valence-electron chi connectivity index (χ2n) is 8.26. The highest BCUT2D eigenvalue weighted by Gasteiger charge is 2.32. The minimum atomic E-state index is -0.410. The Balaban J connectivity index is 1.77. The summed E-state index contributed by atoms with van der Waals surface area (Å²) in [7, 11) is 0. The third-order valence-electron chi connectivity index (χ3n) is 5.94. The summed E-state index contributed by atoms with van der Waals surface area (Å²) in [5.74, 6) is -0.154. The summed E-state index contributed by atoms with van der Waals surface area (Å²) in [6.45, 7) is 4.08. The molecule has 1 amide bonds. The zero-order valence-corrected chi connectivity index (χ0v) is 21.2. The molecule has 0 aliphatic carbocycles. The van der Waals surface area contributed by atoms with Crippen LogP contribution < -0.4 is 0 Å². The lowest BCUT2D eigenvalue weighted by Crippen LogP contribution is -2.27. The van der Waals surface area contributed by atoms with Gasteiger partial charge in [-0.05, 0) is 35.4 Å². The Morgan fingerprint density at radius 1 is 0.946 bits per heavy atom. The summed E-state index contributed by atoms with van der Waals surface area (Å²) in [6, 6.07) is 28.3. The van der Waals surface area contributed by atoms with E-state index in [-0.39, 0.29) is 11.6 Å². The Morgan fingerprint density at radius 3 is 2.16 bits per heavy atom. The molecule has 1 aromatic heterocycles. The monoisotopic (exact) mass is 523 g/mol. The number of thiocarbonyl (C=S) groups is 1. The van der Waals surface area contributed by atoms with Crippen LogP contribution in [0.2, 0.25) is 0 Å². The van der Waals surface area contributed by atoms with Crippen LogP contribution in [0.4, 0.5) is 5.69 Å². The summed E-state index contributed by atoms with van der Waals surface area (Å²) in [5, 5.41) is 11.3. The molecule has 8 heteroatoms. The van der Waals surface area contributed by atoms with Crippen LogP contribution in [0.25, 0.3) is 34.3 Å². The molecule has 0 N–H and O–H groups in total. The highest BCUT2D eigenvalue weighted by Crippen LogP contribution is 2.40. The molecular formula is C29H21N3O3S2. The number of nitro benzene ring substituents is 1. The predicted octanol–water partition coefficient (Wildman–Crippen LogP) is 7.11. The number of amides is 1. The first-order valence-corrected chi connectivity index (χ1v) is 12.7. The van der Waals surface area contributed by atoms with Gasteiger partial charge in [-0.15, -0.1) is 6.58 Å². The van der Waals surface area contributed by atoms with Gasteiger partial charge >= 0.3 is 0 Å². The second-order valence-corrected chi connectivity index (χ2v) is 9.93. The zero-order chi connectivity index (χ0) is 25.9. The molecule has 1 fully saturated rings. The molecule has 3 aromatic carbocycles. The molecule has 2 heterocycles. The van der Waals surface area contributed by atoms with Crippen LogP contribution in [0, 0.1) is 10.1 Å². The first-order valence-electron chi connectivity index (χ1n) is 11.5. The van der Waals surface area contributed by atoms with Gasteiger partial charge in [-0.25, -0.2) is 0 Å². The number of nitro groups is 1. The Bertz CT molecular complexity index is 1540. The van der Waals surface area contributed by atoms with Crippen molar-refractivity contribution in [1.82, 2.24) is 9.47 Å². The first-order chi connectivity index (χ1) is 18.0. The maximum atomic E-state index is 13.1. The second kappa shape index (κ2) is 10.4. The van der Waals surface area contributed by atoms with Gasteiger partial charge in [-0.3, -0.25) is 19.8 Å². The van der Waals surface area contributed by atoms with Crippen molar-refractivity contribution >= 4 is 46.0 Å². The number of aromatic nitrogens is 1. The van der Waals surface area contributed by atoms with Gasteiger partial charge in [0.1, 0.15) is 4.32 Å². The van der Waals surface area contributed by atoms with Gasteiger partial charge in [0.05, 0.1) is 21.2 Å². The number of nitrogens with zero attached hydrogens (tertiary/aromatic N) is 3. The predicted molar refractivity (Wildman–Crippen MR) is 153 cm³/mol. The van der Waals surface area contributed by atoms with Crippen molar-refractivity contribution in [3.05, 3.63) is 124 Å². The van der Waals surface area contributed by atoms with E-state index in [9.17, 15) is 14.9 Å². The standard InChI is InChI=1S/C29H21N3O3S2/c1-2-17-30-28(33)26(37-29(30)36)19-22-18-25(20-9-5-3-6-10-20)31(27(22)21-11-7-4-8-12-21)23-13-15-24(16-14-23)32(34)35/h2-16,18-19H,1,17H2/b26-19+. The van der Waals surface area contributed by atoms with Crippen molar-refractivity contribution in [2.24, 2.45) is 0 Å². The van der Waals surface area contributed by atoms with Gasteiger partial charge in [-0.2, -0.15) is 0 Å². The SMILES string of the molecule is C=CCN1C(=O)/C(=C\c2cc(-c3ccccc3)n(-c3ccc([N+](=O)[O-])cc3)c2-c2ccccc2)SC1=S. The van der Waals surface area contributed by atoms with Crippen molar-refractivity contribution in [1.29, 1.82) is 0 Å². The van der Waals surface area contributed by atoms with Crippen molar-refractivity contribution in [3.63, 3.8) is 0 Å². The van der Waals surface area contributed by atoms with E-state index in [0.717, 1.165) is 33.8 Å². The lowest BCUT2D eigenvalue weighted by Gasteiger charge is -2.15. The molecule has 6 nitrogen and oxygen atoms in total. The molecule has 0 atom stereocenters. The van der Waals surface area contributed by atoms with E-state index in [1.165, 1.54) is 28.8 Å². The van der Waals surface area contributed by atoms with E-state index in [4.69, 9.17) is 12.2 Å². The summed E-state index contributed by atoms with van der Waals surface area (Å²) in [5.41, 5.74) is 5.28. The van der Waals surface area contributed by atoms with Gasteiger partial charge in [-0.1, -0.05) is 90.7 Å². The molecule has 0 spiro atoms. The van der Waals surface area contributed by atoms with Gasteiger partial charge in [0.25, 0.3) is 11.6 Å². The summed E-state index contributed by atoms with van der Waals surface area (Å²) in [4.78, 5) is 26.1. The minimum Gasteiger partial charge on any atom is -0.309 e. The molecular weight excluding hydrogens is 502 g/mol. The number of hydrogen-bond donors (Lipinski definition) is 0. The van der Waals surface area contributed by atoms with Crippen molar-refractivity contribution in [2.75, 3.05) is 6.54 Å². The maximum Gasteiger partial charge on any atom is 0.269 e. The third-order valence-corrected chi connectivity index (χ3v) is 7.32. The highest BCUT2D eigenvalue weighted by atomic mass is 32.2. The fraction of sp³-hybridized carbons (Fsp3) is 0.0345. The highest BCUT2D eigenvalue weighted by molar-refractivity contribution is 8.26. The van der Waals surface area contributed by atoms with Crippen LogP contribution in [0.5, 0.6) is 0 Å². The van der Waals surface area contributed by atoms with Crippen LogP contribution >= 0.6 is 24.0 Å².